The van der Waals surface area contributed by atoms with Crippen molar-refractivity contribution in [2.75, 3.05) is 10.0 Å². The summed E-state index contributed by atoms with van der Waals surface area (Å²) < 4.78 is 27.3. The van der Waals surface area contributed by atoms with Gasteiger partial charge in [-0.2, -0.15) is 0 Å². The first-order valence-corrected chi connectivity index (χ1v) is 13.0. The number of aromatic nitrogens is 2. The van der Waals surface area contributed by atoms with Crippen molar-refractivity contribution in [2.24, 2.45) is 0 Å². The molecule has 0 saturated carbocycles. The molecule has 0 unspecified atom stereocenters. The average molecular weight is 512 g/mol. The van der Waals surface area contributed by atoms with Gasteiger partial charge in [-0.15, -0.1) is 22.7 Å². The summed E-state index contributed by atoms with van der Waals surface area (Å²) >= 11 is 2.68. The molecular weight excluding hydrogens is 494 g/mol. The van der Waals surface area contributed by atoms with Gasteiger partial charge < -0.3 is 10.6 Å². The molecule has 0 saturated heterocycles. The van der Waals surface area contributed by atoms with Crippen LogP contribution in [-0.4, -0.2) is 30.2 Å². The minimum atomic E-state index is -3.90. The minimum absolute atomic E-state index is 0.0294. The zero-order valence-electron chi connectivity index (χ0n) is 17.3. The maximum Gasteiger partial charge on any atom is 0.272 e. The smallest absolute Gasteiger partial charge is 0.272 e. The summed E-state index contributed by atoms with van der Waals surface area (Å²) in [6.07, 6.45) is 4.41. The van der Waals surface area contributed by atoms with Gasteiger partial charge >= 0.3 is 0 Å². The van der Waals surface area contributed by atoms with Gasteiger partial charge in [-0.3, -0.25) is 9.59 Å². The van der Waals surface area contributed by atoms with Crippen LogP contribution in [0, 0.1) is 0 Å². The lowest BCUT2D eigenvalue weighted by atomic mass is 10.2. The number of nitrogens with zero attached hydrogens (tertiary/aromatic N) is 2. The molecule has 0 bridgehead atoms. The predicted octanol–water partition coefficient (Wildman–Crippen LogP) is 3.81. The van der Waals surface area contributed by atoms with Gasteiger partial charge in [0.05, 0.1) is 9.77 Å². The number of hydrogen-bond donors (Lipinski definition) is 3. The van der Waals surface area contributed by atoms with E-state index in [2.05, 4.69) is 25.3 Å². The Morgan fingerprint density at radius 3 is 2.24 bits per heavy atom. The first kappa shape index (κ1) is 23.3. The lowest BCUT2D eigenvalue weighted by Crippen LogP contribution is -2.30. The van der Waals surface area contributed by atoms with Gasteiger partial charge in [0, 0.05) is 23.0 Å². The molecular formula is C22H17N5O4S3. The van der Waals surface area contributed by atoms with Crippen LogP contribution >= 0.6 is 22.7 Å². The Balaban J connectivity index is 1.49. The number of carbonyl (C=O) groups is 2. The van der Waals surface area contributed by atoms with Crippen molar-refractivity contribution >= 4 is 62.2 Å². The number of amides is 2. The first-order valence-electron chi connectivity index (χ1n) is 9.72. The Bertz CT molecular complexity index is 1400. The van der Waals surface area contributed by atoms with Crippen LogP contribution in [0.15, 0.2) is 88.3 Å². The SMILES string of the molecule is O=C(Nc1ccc(S(=O)(=O)Nc2ncccn2)cc1)/C(=C\c1cccs1)NC(=O)c1cccs1. The maximum absolute atomic E-state index is 12.9. The van der Waals surface area contributed by atoms with Crippen LogP contribution in [0.5, 0.6) is 0 Å². The van der Waals surface area contributed by atoms with Gasteiger partial charge in [-0.25, -0.2) is 23.1 Å². The fourth-order valence-electron chi connectivity index (χ4n) is 2.71. The third kappa shape index (κ3) is 5.92. The van der Waals surface area contributed by atoms with Crippen LogP contribution < -0.4 is 15.4 Å². The van der Waals surface area contributed by atoms with Crippen LogP contribution in [0.2, 0.25) is 0 Å². The van der Waals surface area contributed by atoms with Crippen molar-refractivity contribution in [1.82, 2.24) is 15.3 Å². The number of sulfonamides is 1. The summed E-state index contributed by atoms with van der Waals surface area (Å²) in [7, 11) is -3.90. The van der Waals surface area contributed by atoms with Crippen LogP contribution in [0.25, 0.3) is 6.08 Å². The zero-order chi connectivity index (χ0) is 24.0. The fraction of sp³-hybridized carbons (Fsp3) is 0. The Morgan fingerprint density at radius 1 is 0.882 bits per heavy atom. The van der Waals surface area contributed by atoms with Gasteiger partial charge in [-0.1, -0.05) is 12.1 Å². The summed E-state index contributed by atoms with van der Waals surface area (Å²) in [5.41, 5.74) is 0.405. The average Bonchev–Trinajstić information content (AvgIpc) is 3.54. The van der Waals surface area contributed by atoms with Crippen molar-refractivity contribution in [3.8, 4) is 0 Å². The molecule has 2 amide bonds. The molecule has 0 aliphatic carbocycles. The third-order valence-corrected chi connectivity index (χ3v) is 7.31. The van der Waals surface area contributed by atoms with E-state index in [1.165, 1.54) is 59.3 Å². The molecule has 3 aromatic heterocycles. The number of thiophene rings is 2. The van der Waals surface area contributed by atoms with E-state index in [9.17, 15) is 18.0 Å². The van der Waals surface area contributed by atoms with Gasteiger partial charge in [-0.05, 0) is 59.3 Å². The van der Waals surface area contributed by atoms with Crippen molar-refractivity contribution in [2.45, 2.75) is 4.90 Å². The molecule has 4 rings (SSSR count). The van der Waals surface area contributed by atoms with E-state index >= 15 is 0 Å². The highest BCUT2D eigenvalue weighted by Gasteiger charge is 2.18. The predicted molar refractivity (Wildman–Crippen MR) is 132 cm³/mol. The molecule has 1 aromatic carbocycles. The largest absolute Gasteiger partial charge is 0.321 e. The van der Waals surface area contributed by atoms with Crippen molar-refractivity contribution in [3.63, 3.8) is 0 Å². The van der Waals surface area contributed by atoms with E-state index in [1.807, 2.05) is 17.5 Å². The number of hydrogen-bond acceptors (Lipinski definition) is 8. The molecule has 3 heterocycles. The molecule has 0 radical (unpaired) electrons. The number of carbonyl (C=O) groups excluding carboxylic acids is 2. The number of anilines is 2. The monoisotopic (exact) mass is 511 g/mol. The Morgan fingerprint density at radius 2 is 1.59 bits per heavy atom. The summed E-state index contributed by atoms with van der Waals surface area (Å²) in [4.78, 5) is 34.3. The number of nitrogens with one attached hydrogen (secondary N) is 3. The molecule has 4 aromatic rings. The molecule has 12 heteroatoms. The minimum Gasteiger partial charge on any atom is -0.321 e. The Hall–Kier alpha value is -3.87. The van der Waals surface area contributed by atoms with Crippen LogP contribution in [-0.2, 0) is 14.8 Å². The van der Waals surface area contributed by atoms with Crippen LogP contribution in [0.1, 0.15) is 14.5 Å². The lowest BCUT2D eigenvalue weighted by molar-refractivity contribution is -0.113. The highest BCUT2D eigenvalue weighted by molar-refractivity contribution is 7.92. The quantitative estimate of drug-likeness (QED) is 0.309. The van der Waals surface area contributed by atoms with Crippen molar-refractivity contribution in [3.05, 3.63) is 93.2 Å². The van der Waals surface area contributed by atoms with E-state index in [-0.39, 0.29) is 16.5 Å². The standard InChI is InChI=1S/C22H17N5O4S3/c28-20(18(14-16-4-1-12-32-16)26-21(29)19-5-2-13-33-19)25-15-6-8-17(9-7-15)34(30,31)27-22-23-10-3-11-24-22/h1-14H,(H,25,28)(H,26,29)(H,23,24,27)/b18-14+. The molecule has 0 spiro atoms. The molecule has 172 valence electrons. The molecule has 0 fully saturated rings. The third-order valence-electron chi connectivity index (χ3n) is 4.28. The number of benzene rings is 1. The van der Waals surface area contributed by atoms with E-state index < -0.39 is 21.8 Å². The Kier molecular flexibility index (Phi) is 7.11. The molecule has 0 aliphatic heterocycles. The van der Waals surface area contributed by atoms with E-state index in [0.29, 0.717) is 10.6 Å². The highest BCUT2D eigenvalue weighted by atomic mass is 32.2. The molecule has 34 heavy (non-hydrogen) atoms. The summed E-state index contributed by atoms with van der Waals surface area (Å²) in [5, 5.41) is 8.95. The second kappa shape index (κ2) is 10.4. The molecule has 3 N–H and O–H groups in total. The van der Waals surface area contributed by atoms with E-state index in [0.717, 1.165) is 4.88 Å². The summed E-state index contributed by atoms with van der Waals surface area (Å²) in [6.45, 7) is 0. The van der Waals surface area contributed by atoms with Gasteiger partial charge in [0.15, 0.2) is 0 Å². The normalized spacial score (nSPS) is 11.6. The highest BCUT2D eigenvalue weighted by Crippen LogP contribution is 2.18. The maximum atomic E-state index is 12.9. The zero-order valence-corrected chi connectivity index (χ0v) is 19.8. The fourth-order valence-corrected chi connectivity index (χ4v) is 4.95. The second-order valence-electron chi connectivity index (χ2n) is 6.66. The molecule has 9 nitrogen and oxygen atoms in total. The second-order valence-corrected chi connectivity index (χ2v) is 10.3. The molecule has 0 aliphatic rings. The summed E-state index contributed by atoms with van der Waals surface area (Å²) in [5.74, 6) is -1.00. The Labute approximate surface area is 203 Å². The van der Waals surface area contributed by atoms with Crippen molar-refractivity contribution in [1.29, 1.82) is 0 Å². The van der Waals surface area contributed by atoms with E-state index in [1.54, 1.807) is 29.7 Å². The lowest BCUT2D eigenvalue weighted by Gasteiger charge is -2.11. The summed E-state index contributed by atoms with van der Waals surface area (Å²) in [6, 6.07) is 14.2. The van der Waals surface area contributed by atoms with E-state index in [4.69, 9.17) is 0 Å². The van der Waals surface area contributed by atoms with Gasteiger partial charge in [0.25, 0.3) is 21.8 Å². The van der Waals surface area contributed by atoms with Crippen LogP contribution in [0.3, 0.4) is 0 Å². The van der Waals surface area contributed by atoms with Crippen molar-refractivity contribution < 1.29 is 18.0 Å². The molecule has 0 atom stereocenters. The van der Waals surface area contributed by atoms with Gasteiger partial charge in [0.1, 0.15) is 5.70 Å². The first-order chi connectivity index (χ1) is 16.4. The topological polar surface area (TPSA) is 130 Å². The van der Waals surface area contributed by atoms with Crippen LogP contribution in [0.4, 0.5) is 11.6 Å². The number of rotatable bonds is 8. The van der Waals surface area contributed by atoms with Gasteiger partial charge in [0.2, 0.25) is 5.95 Å².